The van der Waals surface area contributed by atoms with E-state index in [-0.39, 0.29) is 12.0 Å². The van der Waals surface area contributed by atoms with Crippen LogP contribution in [0.1, 0.15) is 32.6 Å². The van der Waals surface area contributed by atoms with Gasteiger partial charge in [0.05, 0.1) is 12.5 Å². The minimum atomic E-state index is 0.165. The number of ether oxygens (including phenoxy) is 1. The third-order valence-corrected chi connectivity index (χ3v) is 4.35. The highest BCUT2D eigenvalue weighted by Crippen LogP contribution is 2.17. The van der Waals surface area contributed by atoms with E-state index >= 15 is 0 Å². The Balaban J connectivity index is 1.74. The molecular weight excluding hydrogens is 242 g/mol. The summed E-state index contributed by atoms with van der Waals surface area (Å²) in [6.45, 7) is 7.28. The molecule has 0 aromatic carbocycles. The summed E-state index contributed by atoms with van der Waals surface area (Å²) < 4.78 is 5.53. The molecule has 19 heavy (non-hydrogen) atoms. The number of hydrogen-bond acceptors (Lipinski definition) is 4. The summed E-state index contributed by atoms with van der Waals surface area (Å²) >= 11 is 0. The smallest absolute Gasteiger partial charge is 0.225 e. The Bertz CT molecular complexity index is 280. The number of nitrogens with two attached hydrogens (primary N) is 1. The summed E-state index contributed by atoms with van der Waals surface area (Å²) in [6.07, 6.45) is 3.95. The van der Waals surface area contributed by atoms with Crippen molar-refractivity contribution in [1.82, 2.24) is 9.80 Å². The summed E-state index contributed by atoms with van der Waals surface area (Å²) in [5, 5.41) is 0. The van der Waals surface area contributed by atoms with Crippen LogP contribution in [-0.2, 0) is 9.53 Å². The van der Waals surface area contributed by atoms with Crippen molar-refractivity contribution in [2.45, 2.75) is 44.8 Å². The monoisotopic (exact) mass is 269 g/mol. The average Bonchev–Trinajstić information content (AvgIpc) is 2.94. The number of carbonyl (C=O) groups excluding carboxylic acids is 1. The molecule has 110 valence electrons. The highest BCUT2D eigenvalue weighted by atomic mass is 16.5. The van der Waals surface area contributed by atoms with Gasteiger partial charge in [-0.05, 0) is 19.3 Å². The maximum atomic E-state index is 12.2. The number of nitrogens with zero attached hydrogens (tertiary/aromatic N) is 2. The molecule has 0 aromatic heterocycles. The molecule has 0 saturated carbocycles. The van der Waals surface area contributed by atoms with E-state index in [1.165, 1.54) is 0 Å². The summed E-state index contributed by atoms with van der Waals surface area (Å²) in [4.78, 5) is 16.6. The van der Waals surface area contributed by atoms with E-state index in [1.54, 1.807) is 0 Å². The second-order valence-electron chi connectivity index (χ2n) is 5.55. The Morgan fingerprint density at radius 2 is 2.11 bits per heavy atom. The van der Waals surface area contributed by atoms with Gasteiger partial charge in [0.2, 0.25) is 5.91 Å². The Hall–Kier alpha value is -0.650. The van der Waals surface area contributed by atoms with Crippen molar-refractivity contribution < 1.29 is 9.53 Å². The molecule has 2 unspecified atom stereocenters. The Morgan fingerprint density at radius 1 is 1.37 bits per heavy atom. The van der Waals surface area contributed by atoms with Crippen molar-refractivity contribution in [2.24, 2.45) is 5.73 Å². The van der Waals surface area contributed by atoms with E-state index < -0.39 is 0 Å². The van der Waals surface area contributed by atoms with E-state index in [0.29, 0.717) is 19.0 Å². The summed E-state index contributed by atoms with van der Waals surface area (Å²) in [5.41, 5.74) is 5.78. The summed E-state index contributed by atoms with van der Waals surface area (Å²) in [6, 6.07) is 0.468. The van der Waals surface area contributed by atoms with Gasteiger partial charge < -0.3 is 15.4 Å². The first-order valence-corrected chi connectivity index (χ1v) is 7.58. The van der Waals surface area contributed by atoms with Crippen LogP contribution in [0, 0.1) is 0 Å². The van der Waals surface area contributed by atoms with Crippen molar-refractivity contribution >= 4 is 5.91 Å². The molecule has 2 saturated heterocycles. The third-order valence-electron chi connectivity index (χ3n) is 4.35. The first-order chi connectivity index (χ1) is 9.24. The quantitative estimate of drug-likeness (QED) is 0.786. The topological polar surface area (TPSA) is 58.8 Å². The average molecular weight is 269 g/mol. The lowest BCUT2D eigenvalue weighted by Crippen LogP contribution is -2.53. The Labute approximate surface area is 116 Å². The van der Waals surface area contributed by atoms with Gasteiger partial charge in [0.25, 0.3) is 0 Å². The van der Waals surface area contributed by atoms with Crippen LogP contribution >= 0.6 is 0 Å². The molecular formula is C14H27N3O2. The molecule has 2 heterocycles. The zero-order chi connectivity index (χ0) is 13.7. The fourth-order valence-corrected chi connectivity index (χ4v) is 3.04. The molecule has 1 amide bonds. The van der Waals surface area contributed by atoms with Crippen molar-refractivity contribution in [3.8, 4) is 0 Å². The highest BCUT2D eigenvalue weighted by molar-refractivity contribution is 5.76. The molecule has 2 aliphatic rings. The fraction of sp³-hybridized carbons (Fsp3) is 0.929. The van der Waals surface area contributed by atoms with E-state index in [4.69, 9.17) is 10.5 Å². The Kier molecular flexibility index (Phi) is 5.60. The van der Waals surface area contributed by atoms with Crippen LogP contribution in [0.3, 0.4) is 0 Å². The van der Waals surface area contributed by atoms with Crippen molar-refractivity contribution in [1.29, 1.82) is 0 Å². The van der Waals surface area contributed by atoms with Gasteiger partial charge in [0.1, 0.15) is 0 Å². The molecule has 0 aromatic rings. The second kappa shape index (κ2) is 7.22. The molecule has 0 radical (unpaired) electrons. The molecule has 5 nitrogen and oxygen atoms in total. The van der Waals surface area contributed by atoms with Gasteiger partial charge >= 0.3 is 0 Å². The van der Waals surface area contributed by atoms with Gasteiger partial charge in [-0.3, -0.25) is 9.69 Å². The molecule has 2 fully saturated rings. The normalized spacial score (nSPS) is 26.6. The molecule has 0 aliphatic carbocycles. The van der Waals surface area contributed by atoms with Crippen molar-refractivity contribution in [3.63, 3.8) is 0 Å². The number of rotatable bonds is 5. The maximum absolute atomic E-state index is 12.2. The summed E-state index contributed by atoms with van der Waals surface area (Å²) in [7, 11) is 0. The van der Waals surface area contributed by atoms with E-state index in [1.807, 2.05) is 4.90 Å². The van der Waals surface area contributed by atoms with Crippen LogP contribution in [0.4, 0.5) is 0 Å². The maximum Gasteiger partial charge on any atom is 0.225 e. The lowest BCUT2D eigenvalue weighted by atomic mass is 10.1. The van der Waals surface area contributed by atoms with Crippen LogP contribution < -0.4 is 5.73 Å². The molecule has 2 rings (SSSR count). The van der Waals surface area contributed by atoms with E-state index in [9.17, 15) is 4.79 Å². The molecule has 5 heteroatoms. The van der Waals surface area contributed by atoms with Crippen LogP contribution in [0.15, 0.2) is 0 Å². The van der Waals surface area contributed by atoms with Crippen LogP contribution in [0.25, 0.3) is 0 Å². The molecule has 0 bridgehead atoms. The molecule has 2 N–H and O–H groups in total. The SMILES string of the molecule is CCC(CN)N1CCN(C(=O)CC2CCCO2)CC1. The standard InChI is InChI=1S/C14H27N3O2/c1-2-12(11-15)16-5-7-17(8-6-16)14(18)10-13-4-3-9-19-13/h12-13H,2-11,15H2,1H3. The van der Waals surface area contributed by atoms with Crippen molar-refractivity contribution in [2.75, 3.05) is 39.3 Å². The van der Waals surface area contributed by atoms with Gasteiger partial charge in [0, 0.05) is 45.4 Å². The number of carbonyl (C=O) groups is 1. The molecule has 0 spiro atoms. The zero-order valence-electron chi connectivity index (χ0n) is 12.0. The zero-order valence-corrected chi connectivity index (χ0v) is 12.0. The Morgan fingerprint density at radius 3 is 2.63 bits per heavy atom. The minimum Gasteiger partial charge on any atom is -0.378 e. The van der Waals surface area contributed by atoms with Crippen LogP contribution in [0.2, 0.25) is 0 Å². The minimum absolute atomic E-state index is 0.165. The van der Waals surface area contributed by atoms with Gasteiger partial charge in [0.15, 0.2) is 0 Å². The van der Waals surface area contributed by atoms with E-state index in [0.717, 1.165) is 52.0 Å². The first kappa shape index (κ1) is 14.8. The van der Waals surface area contributed by atoms with Gasteiger partial charge in [-0.25, -0.2) is 0 Å². The number of amides is 1. The first-order valence-electron chi connectivity index (χ1n) is 7.58. The largest absolute Gasteiger partial charge is 0.378 e. The highest BCUT2D eigenvalue weighted by Gasteiger charge is 2.27. The lowest BCUT2D eigenvalue weighted by molar-refractivity contribution is -0.135. The second-order valence-corrected chi connectivity index (χ2v) is 5.55. The fourth-order valence-electron chi connectivity index (χ4n) is 3.04. The van der Waals surface area contributed by atoms with Crippen LogP contribution in [0.5, 0.6) is 0 Å². The molecule has 2 aliphatic heterocycles. The number of hydrogen-bond donors (Lipinski definition) is 1. The number of piperazine rings is 1. The predicted octanol–water partition coefficient (Wildman–Crippen LogP) is 0.437. The van der Waals surface area contributed by atoms with E-state index in [2.05, 4.69) is 11.8 Å². The lowest BCUT2D eigenvalue weighted by Gasteiger charge is -2.39. The molecule has 2 atom stereocenters. The van der Waals surface area contributed by atoms with Gasteiger partial charge in [-0.1, -0.05) is 6.92 Å². The van der Waals surface area contributed by atoms with Crippen molar-refractivity contribution in [3.05, 3.63) is 0 Å². The van der Waals surface area contributed by atoms with Gasteiger partial charge in [-0.2, -0.15) is 0 Å². The van der Waals surface area contributed by atoms with Gasteiger partial charge in [-0.15, -0.1) is 0 Å². The predicted molar refractivity (Wildman–Crippen MR) is 74.9 cm³/mol. The third kappa shape index (κ3) is 3.91. The van der Waals surface area contributed by atoms with Crippen LogP contribution in [-0.4, -0.2) is 67.2 Å². The summed E-state index contributed by atoms with van der Waals surface area (Å²) in [5.74, 6) is 0.257.